The third-order valence-electron chi connectivity index (χ3n) is 2.75. The van der Waals surface area contributed by atoms with Gasteiger partial charge >= 0.3 is 0 Å². The lowest BCUT2D eigenvalue weighted by Gasteiger charge is -2.08. The summed E-state index contributed by atoms with van der Waals surface area (Å²) < 4.78 is 3.16. The van der Waals surface area contributed by atoms with Gasteiger partial charge in [0.1, 0.15) is 6.33 Å². The average molecular weight is 341 g/mol. The van der Waals surface area contributed by atoms with Crippen LogP contribution in [0, 0.1) is 3.57 Å². The molecule has 3 nitrogen and oxygen atoms in total. The molecule has 0 aliphatic carbocycles. The van der Waals surface area contributed by atoms with Crippen molar-refractivity contribution in [2.75, 3.05) is 0 Å². The molecule has 2 rings (SSSR count). The Hall–Kier alpha value is -0.910. The van der Waals surface area contributed by atoms with Crippen LogP contribution in [0.4, 0.5) is 0 Å². The average Bonchev–Trinajstić information content (AvgIpc) is 2.78. The topological polar surface area (TPSA) is 30.7 Å². The standard InChI is InChI=1S/C13H16IN3/c1-3-5-10(2)17-9-15-13(16-17)11-6-4-7-12(14)8-11/h4,6-10H,3,5H2,1-2H3. The molecule has 0 saturated carbocycles. The van der Waals surface area contributed by atoms with Gasteiger partial charge < -0.3 is 0 Å². The van der Waals surface area contributed by atoms with Crippen LogP contribution in [-0.4, -0.2) is 14.8 Å². The van der Waals surface area contributed by atoms with E-state index in [0.717, 1.165) is 17.8 Å². The summed E-state index contributed by atoms with van der Waals surface area (Å²) in [5.41, 5.74) is 1.08. The lowest BCUT2D eigenvalue weighted by Crippen LogP contribution is -2.05. The zero-order chi connectivity index (χ0) is 12.3. The van der Waals surface area contributed by atoms with Crippen molar-refractivity contribution in [2.45, 2.75) is 32.7 Å². The van der Waals surface area contributed by atoms with Gasteiger partial charge in [0.15, 0.2) is 5.82 Å². The summed E-state index contributed by atoms with van der Waals surface area (Å²) in [5, 5.41) is 4.54. The Kier molecular flexibility index (Phi) is 4.15. The maximum absolute atomic E-state index is 4.54. The molecule has 1 unspecified atom stereocenters. The predicted molar refractivity (Wildman–Crippen MR) is 77.8 cm³/mol. The van der Waals surface area contributed by atoms with Crippen LogP contribution >= 0.6 is 22.6 Å². The Morgan fingerprint density at radius 3 is 2.94 bits per heavy atom. The number of hydrogen-bond donors (Lipinski definition) is 0. The smallest absolute Gasteiger partial charge is 0.181 e. The van der Waals surface area contributed by atoms with Crippen molar-refractivity contribution in [3.8, 4) is 11.4 Å². The van der Waals surface area contributed by atoms with Gasteiger partial charge in [0.05, 0.1) is 6.04 Å². The summed E-state index contributed by atoms with van der Waals surface area (Å²) in [5.74, 6) is 0.812. The highest BCUT2D eigenvalue weighted by molar-refractivity contribution is 14.1. The summed E-state index contributed by atoms with van der Waals surface area (Å²) in [6.45, 7) is 4.37. The van der Waals surface area contributed by atoms with Crippen molar-refractivity contribution in [2.24, 2.45) is 0 Å². The Morgan fingerprint density at radius 1 is 1.41 bits per heavy atom. The number of hydrogen-bond acceptors (Lipinski definition) is 2. The second-order valence-corrected chi connectivity index (χ2v) is 5.44. The molecule has 0 N–H and O–H groups in total. The lowest BCUT2D eigenvalue weighted by atomic mass is 10.2. The highest BCUT2D eigenvalue weighted by Gasteiger charge is 2.08. The number of aromatic nitrogens is 3. The lowest BCUT2D eigenvalue weighted by molar-refractivity contribution is 0.454. The quantitative estimate of drug-likeness (QED) is 0.790. The van der Waals surface area contributed by atoms with E-state index >= 15 is 0 Å². The summed E-state index contributed by atoms with van der Waals surface area (Å²) in [6.07, 6.45) is 4.13. The van der Waals surface area contributed by atoms with Crippen molar-refractivity contribution in [1.82, 2.24) is 14.8 Å². The molecule has 0 aliphatic rings. The molecule has 0 amide bonds. The van der Waals surface area contributed by atoms with Crippen LogP contribution in [0.3, 0.4) is 0 Å². The molecule has 0 fully saturated rings. The molecule has 1 aromatic heterocycles. The van der Waals surface area contributed by atoms with E-state index in [2.05, 4.69) is 58.7 Å². The van der Waals surface area contributed by atoms with Crippen molar-refractivity contribution in [3.63, 3.8) is 0 Å². The first-order valence-electron chi connectivity index (χ1n) is 5.87. The van der Waals surface area contributed by atoms with E-state index < -0.39 is 0 Å². The first-order chi connectivity index (χ1) is 8.20. The van der Waals surface area contributed by atoms with Crippen molar-refractivity contribution in [3.05, 3.63) is 34.2 Å². The molecule has 90 valence electrons. The Labute approximate surface area is 115 Å². The van der Waals surface area contributed by atoms with Crippen molar-refractivity contribution < 1.29 is 0 Å². The van der Waals surface area contributed by atoms with Crippen LogP contribution in [0.2, 0.25) is 0 Å². The van der Waals surface area contributed by atoms with Gasteiger partial charge in [-0.25, -0.2) is 9.67 Å². The van der Waals surface area contributed by atoms with E-state index in [-0.39, 0.29) is 0 Å². The van der Waals surface area contributed by atoms with Gasteiger partial charge in [0.25, 0.3) is 0 Å². The number of rotatable bonds is 4. The second-order valence-electron chi connectivity index (χ2n) is 4.20. The largest absolute Gasteiger partial charge is 0.250 e. The maximum atomic E-state index is 4.54. The summed E-state index contributed by atoms with van der Waals surface area (Å²) in [6, 6.07) is 8.68. The maximum Gasteiger partial charge on any atom is 0.181 e. The molecule has 4 heteroatoms. The van der Waals surface area contributed by atoms with Gasteiger partial charge in [-0.15, -0.1) is 0 Å². The SMILES string of the molecule is CCCC(C)n1cnc(-c2cccc(I)c2)n1. The van der Waals surface area contributed by atoms with Gasteiger partial charge in [-0.1, -0.05) is 25.5 Å². The fraction of sp³-hybridized carbons (Fsp3) is 0.385. The molecule has 0 radical (unpaired) electrons. The minimum Gasteiger partial charge on any atom is -0.250 e. The number of benzene rings is 1. The van der Waals surface area contributed by atoms with E-state index in [0.29, 0.717) is 6.04 Å². The molecule has 0 spiro atoms. The van der Waals surface area contributed by atoms with Gasteiger partial charge in [-0.3, -0.25) is 0 Å². The van der Waals surface area contributed by atoms with Crippen LogP contribution in [0.1, 0.15) is 32.7 Å². The number of halogens is 1. The van der Waals surface area contributed by atoms with E-state index in [1.165, 1.54) is 9.99 Å². The van der Waals surface area contributed by atoms with Gasteiger partial charge in [-0.05, 0) is 48.1 Å². The minimum absolute atomic E-state index is 0.420. The molecule has 0 bridgehead atoms. The van der Waals surface area contributed by atoms with Crippen molar-refractivity contribution >= 4 is 22.6 Å². The van der Waals surface area contributed by atoms with Crippen molar-refractivity contribution in [1.29, 1.82) is 0 Å². The Morgan fingerprint density at radius 2 is 2.24 bits per heavy atom. The Bertz CT molecular complexity index is 493. The highest BCUT2D eigenvalue weighted by atomic mass is 127. The van der Waals surface area contributed by atoms with Gasteiger partial charge in [0, 0.05) is 9.13 Å². The first-order valence-corrected chi connectivity index (χ1v) is 6.95. The van der Waals surface area contributed by atoms with E-state index in [1.807, 2.05) is 23.1 Å². The molecule has 1 heterocycles. The van der Waals surface area contributed by atoms with E-state index in [1.54, 1.807) is 0 Å². The molecule has 0 saturated heterocycles. The summed E-state index contributed by atoms with van der Waals surface area (Å²) in [7, 11) is 0. The van der Waals surface area contributed by atoms with E-state index in [4.69, 9.17) is 0 Å². The molecular formula is C13H16IN3. The van der Waals surface area contributed by atoms with Crippen LogP contribution in [0.25, 0.3) is 11.4 Å². The van der Waals surface area contributed by atoms with Gasteiger partial charge in [0.2, 0.25) is 0 Å². The fourth-order valence-corrected chi connectivity index (χ4v) is 2.34. The van der Waals surface area contributed by atoms with Gasteiger partial charge in [-0.2, -0.15) is 5.10 Å². The minimum atomic E-state index is 0.420. The fourth-order valence-electron chi connectivity index (χ4n) is 1.80. The Balaban J connectivity index is 2.23. The molecular weight excluding hydrogens is 325 g/mol. The molecule has 0 aliphatic heterocycles. The molecule has 1 atom stereocenters. The second kappa shape index (κ2) is 5.62. The molecule has 17 heavy (non-hydrogen) atoms. The highest BCUT2D eigenvalue weighted by Crippen LogP contribution is 2.19. The van der Waals surface area contributed by atoms with E-state index in [9.17, 15) is 0 Å². The third-order valence-corrected chi connectivity index (χ3v) is 3.42. The monoisotopic (exact) mass is 341 g/mol. The third kappa shape index (κ3) is 3.06. The van der Waals surface area contributed by atoms with Crippen LogP contribution in [0.5, 0.6) is 0 Å². The zero-order valence-electron chi connectivity index (χ0n) is 10.1. The summed E-state index contributed by atoms with van der Waals surface area (Å²) in [4.78, 5) is 4.38. The van der Waals surface area contributed by atoms with Crippen LogP contribution in [-0.2, 0) is 0 Å². The molecule has 2 aromatic rings. The zero-order valence-corrected chi connectivity index (χ0v) is 12.3. The van der Waals surface area contributed by atoms with Crippen LogP contribution < -0.4 is 0 Å². The normalized spacial score (nSPS) is 12.6. The molecule has 1 aromatic carbocycles. The first kappa shape index (κ1) is 12.5. The van der Waals surface area contributed by atoms with Crippen LogP contribution in [0.15, 0.2) is 30.6 Å². The number of nitrogens with zero attached hydrogens (tertiary/aromatic N) is 3. The summed E-state index contributed by atoms with van der Waals surface area (Å²) >= 11 is 2.30. The predicted octanol–water partition coefficient (Wildman–Crippen LogP) is 3.91.